The molecule has 0 amide bonds. The van der Waals surface area contributed by atoms with E-state index in [2.05, 4.69) is 20.2 Å². The first kappa shape index (κ1) is 24.5. The first-order valence-electron chi connectivity index (χ1n) is 11.7. The molecule has 3 aromatic heterocycles. The van der Waals surface area contributed by atoms with Crippen LogP contribution in [0.15, 0.2) is 42.9 Å². The van der Waals surface area contributed by atoms with Crippen molar-refractivity contribution in [2.24, 2.45) is 5.92 Å². The molecule has 1 atom stereocenters. The monoisotopic (exact) mass is 515 g/mol. The van der Waals surface area contributed by atoms with Crippen molar-refractivity contribution in [3.63, 3.8) is 0 Å². The fraction of sp³-hybridized carbons (Fsp3) is 0.375. The fourth-order valence-corrected chi connectivity index (χ4v) is 4.43. The number of hydrogen-bond acceptors (Lipinski definition) is 8. The number of carbonyl (C=O) groups is 1. The lowest BCUT2D eigenvalue weighted by atomic mass is 10.1. The minimum atomic E-state index is -4.38. The van der Waals surface area contributed by atoms with Gasteiger partial charge in [-0.1, -0.05) is 6.07 Å². The second kappa shape index (κ2) is 9.71. The molecule has 0 unspecified atom stereocenters. The zero-order valence-corrected chi connectivity index (χ0v) is 20.1. The molecule has 5 rings (SSSR count). The normalized spacial score (nSPS) is 15.9. The van der Waals surface area contributed by atoms with Gasteiger partial charge in [-0.05, 0) is 37.5 Å². The van der Waals surface area contributed by atoms with Gasteiger partial charge in [-0.15, -0.1) is 0 Å². The van der Waals surface area contributed by atoms with Gasteiger partial charge in [-0.2, -0.15) is 28.4 Å². The van der Waals surface area contributed by atoms with Gasteiger partial charge in [0.15, 0.2) is 0 Å². The lowest BCUT2D eigenvalue weighted by molar-refractivity contribution is -0.137. The van der Waals surface area contributed by atoms with Crippen LogP contribution in [0.3, 0.4) is 0 Å². The van der Waals surface area contributed by atoms with E-state index in [1.54, 1.807) is 23.9 Å². The molecule has 194 valence electrons. The highest BCUT2D eigenvalue weighted by atomic mass is 19.4. The zero-order valence-electron chi connectivity index (χ0n) is 20.1. The summed E-state index contributed by atoms with van der Waals surface area (Å²) < 4.78 is 53.0. The van der Waals surface area contributed by atoms with Crippen molar-refractivity contribution in [3.05, 3.63) is 54.0 Å². The van der Waals surface area contributed by atoms with Crippen molar-refractivity contribution >= 4 is 22.7 Å². The molecule has 0 N–H and O–H groups in total. The van der Waals surface area contributed by atoms with E-state index in [0.29, 0.717) is 42.2 Å². The maximum Gasteiger partial charge on any atom is 0.416 e. The Bertz CT molecular complexity index is 1430. The van der Waals surface area contributed by atoms with E-state index in [1.165, 1.54) is 36.3 Å². The first-order chi connectivity index (χ1) is 17.8. The van der Waals surface area contributed by atoms with Crippen LogP contribution in [0, 0.1) is 5.92 Å². The smallest absolute Gasteiger partial charge is 0.416 e. The molecule has 1 aromatic carbocycles. The van der Waals surface area contributed by atoms with Gasteiger partial charge in [0.1, 0.15) is 11.0 Å². The Hall–Kier alpha value is -4.16. The minimum Gasteiger partial charge on any atom is -0.479 e. The molecular formula is C24H24F3N7O3. The Morgan fingerprint density at radius 3 is 2.78 bits per heavy atom. The first-order valence-corrected chi connectivity index (χ1v) is 11.7. The SMILES string of the molecule is CCOC(=O)c1cnn(-c2nc(OC)c3c(cnn3C[C@H]3CCN(c4cccc(C(F)(F)F)c4)C3)n2)c1. The molecule has 0 saturated carbocycles. The van der Waals surface area contributed by atoms with E-state index < -0.39 is 17.7 Å². The zero-order chi connectivity index (χ0) is 26.2. The van der Waals surface area contributed by atoms with Gasteiger partial charge in [0.25, 0.3) is 5.95 Å². The van der Waals surface area contributed by atoms with Crippen LogP contribution in [0.2, 0.25) is 0 Å². The molecular weight excluding hydrogens is 491 g/mol. The highest BCUT2D eigenvalue weighted by Crippen LogP contribution is 2.34. The Morgan fingerprint density at radius 1 is 1.19 bits per heavy atom. The Balaban J connectivity index is 1.35. The molecule has 0 aliphatic carbocycles. The molecule has 13 heteroatoms. The van der Waals surface area contributed by atoms with Crippen molar-refractivity contribution in [1.29, 1.82) is 0 Å². The van der Waals surface area contributed by atoms with Gasteiger partial charge in [-0.3, -0.25) is 4.68 Å². The quantitative estimate of drug-likeness (QED) is 0.343. The summed E-state index contributed by atoms with van der Waals surface area (Å²) in [7, 11) is 1.49. The number of aromatic nitrogens is 6. The van der Waals surface area contributed by atoms with Gasteiger partial charge in [0.2, 0.25) is 5.88 Å². The number of esters is 1. The van der Waals surface area contributed by atoms with Crippen molar-refractivity contribution in [2.45, 2.75) is 26.1 Å². The van der Waals surface area contributed by atoms with Crippen LogP contribution in [0.25, 0.3) is 17.0 Å². The van der Waals surface area contributed by atoms with Crippen molar-refractivity contribution < 1.29 is 27.4 Å². The number of fused-ring (bicyclic) bond motifs is 1. The van der Waals surface area contributed by atoms with Gasteiger partial charge in [0.05, 0.1) is 37.2 Å². The predicted molar refractivity (Wildman–Crippen MR) is 127 cm³/mol. The Labute approximate surface area is 209 Å². The number of benzene rings is 1. The average Bonchev–Trinajstić information content (AvgIpc) is 3.64. The highest BCUT2D eigenvalue weighted by Gasteiger charge is 2.32. The molecule has 1 aliphatic rings. The number of ether oxygens (including phenoxy) is 2. The third-order valence-electron chi connectivity index (χ3n) is 6.19. The van der Waals surface area contributed by atoms with Crippen LogP contribution in [-0.4, -0.2) is 62.3 Å². The summed E-state index contributed by atoms with van der Waals surface area (Å²) >= 11 is 0. The summed E-state index contributed by atoms with van der Waals surface area (Å²) in [6.45, 7) is 3.72. The second-order valence-electron chi connectivity index (χ2n) is 8.64. The van der Waals surface area contributed by atoms with E-state index in [1.807, 2.05) is 4.90 Å². The molecule has 0 radical (unpaired) electrons. The van der Waals surface area contributed by atoms with Crippen molar-refractivity contribution in [2.75, 3.05) is 31.7 Å². The van der Waals surface area contributed by atoms with Gasteiger partial charge < -0.3 is 14.4 Å². The molecule has 37 heavy (non-hydrogen) atoms. The van der Waals surface area contributed by atoms with E-state index in [0.717, 1.165) is 12.5 Å². The van der Waals surface area contributed by atoms with Crippen LogP contribution < -0.4 is 9.64 Å². The number of hydrogen-bond donors (Lipinski definition) is 0. The molecule has 0 spiro atoms. The van der Waals surface area contributed by atoms with Crippen LogP contribution in [0.1, 0.15) is 29.3 Å². The van der Waals surface area contributed by atoms with Crippen LogP contribution in [-0.2, 0) is 17.5 Å². The molecule has 1 aliphatic heterocycles. The minimum absolute atomic E-state index is 0.153. The number of alkyl halides is 3. The summed E-state index contributed by atoms with van der Waals surface area (Å²) in [6, 6.07) is 5.39. The van der Waals surface area contributed by atoms with Crippen LogP contribution in [0.4, 0.5) is 18.9 Å². The Kier molecular flexibility index (Phi) is 6.44. The van der Waals surface area contributed by atoms with Crippen molar-refractivity contribution in [1.82, 2.24) is 29.5 Å². The molecule has 4 aromatic rings. The molecule has 1 fully saturated rings. The molecule has 0 bridgehead atoms. The number of rotatable bonds is 7. The van der Waals surface area contributed by atoms with Crippen LogP contribution >= 0.6 is 0 Å². The van der Waals surface area contributed by atoms with Gasteiger partial charge in [0, 0.05) is 31.5 Å². The summed E-state index contributed by atoms with van der Waals surface area (Å²) in [5.74, 6) is 0.153. The fourth-order valence-electron chi connectivity index (χ4n) is 4.43. The van der Waals surface area contributed by atoms with E-state index in [4.69, 9.17) is 9.47 Å². The number of carbonyl (C=O) groups excluding carboxylic acids is 1. The summed E-state index contributed by atoms with van der Waals surface area (Å²) in [5, 5.41) is 8.62. The number of anilines is 1. The number of nitrogens with zero attached hydrogens (tertiary/aromatic N) is 7. The molecule has 4 heterocycles. The lowest BCUT2D eigenvalue weighted by Crippen LogP contribution is -2.22. The van der Waals surface area contributed by atoms with Gasteiger partial charge >= 0.3 is 12.1 Å². The third-order valence-corrected chi connectivity index (χ3v) is 6.19. The second-order valence-corrected chi connectivity index (χ2v) is 8.64. The van der Waals surface area contributed by atoms with Crippen molar-refractivity contribution in [3.8, 4) is 11.8 Å². The predicted octanol–water partition coefficient (Wildman–Crippen LogP) is 3.74. The van der Waals surface area contributed by atoms with Crippen LogP contribution in [0.5, 0.6) is 5.88 Å². The standard InChI is InChI=1S/C24H24F3N7O3/c1-3-37-22(35)16-10-28-34(14-16)23-30-19-11-29-33(20(19)21(31-23)36-2)13-15-7-8-32(12-15)18-6-4-5-17(9-18)24(25,26)27/h4-6,9-11,14-15H,3,7-8,12-13H2,1-2H3/t15-/m0/s1. The average molecular weight is 515 g/mol. The molecule has 1 saturated heterocycles. The maximum absolute atomic E-state index is 13.1. The largest absolute Gasteiger partial charge is 0.479 e. The van der Waals surface area contributed by atoms with E-state index >= 15 is 0 Å². The maximum atomic E-state index is 13.1. The van der Waals surface area contributed by atoms with E-state index in [-0.39, 0.29) is 24.0 Å². The number of halogens is 3. The number of methoxy groups -OCH3 is 1. The highest BCUT2D eigenvalue weighted by molar-refractivity contribution is 5.88. The summed E-state index contributed by atoms with van der Waals surface area (Å²) in [4.78, 5) is 22.9. The van der Waals surface area contributed by atoms with Gasteiger partial charge in [-0.25, -0.2) is 14.5 Å². The third kappa shape index (κ3) is 4.93. The van der Waals surface area contributed by atoms with E-state index in [9.17, 15) is 18.0 Å². The molecule has 10 nitrogen and oxygen atoms in total. The topological polar surface area (TPSA) is 100 Å². The summed E-state index contributed by atoms with van der Waals surface area (Å²) in [5.41, 5.74) is 1.29. The Morgan fingerprint density at radius 2 is 2.03 bits per heavy atom. The summed E-state index contributed by atoms with van der Waals surface area (Å²) in [6.07, 6.45) is 0.859. The lowest BCUT2D eigenvalue weighted by Gasteiger charge is -2.20.